The number of nitrogens with two attached hydrogens (primary N) is 1. The van der Waals surface area contributed by atoms with Crippen molar-refractivity contribution in [3.05, 3.63) is 35.9 Å². The van der Waals surface area contributed by atoms with E-state index < -0.39 is 6.09 Å². The molecule has 0 unspecified atom stereocenters. The molecule has 0 heterocycles. The highest BCUT2D eigenvalue weighted by Gasteiger charge is 2.11. The van der Waals surface area contributed by atoms with Gasteiger partial charge in [-0.2, -0.15) is 0 Å². The highest BCUT2D eigenvalue weighted by atomic mass is 16.5. The molecule has 1 atom stereocenters. The van der Waals surface area contributed by atoms with E-state index in [1.165, 1.54) is 0 Å². The van der Waals surface area contributed by atoms with Crippen molar-refractivity contribution in [2.24, 2.45) is 5.73 Å². The van der Waals surface area contributed by atoms with E-state index in [9.17, 15) is 4.79 Å². The van der Waals surface area contributed by atoms with Gasteiger partial charge < -0.3 is 20.9 Å². The summed E-state index contributed by atoms with van der Waals surface area (Å²) in [6.07, 6.45) is 1.96. The quantitative estimate of drug-likeness (QED) is 0.621. The lowest BCUT2D eigenvalue weighted by molar-refractivity contribution is 0.128. The maximum absolute atomic E-state index is 11.5. The molecule has 0 aliphatic rings. The lowest BCUT2D eigenvalue weighted by Crippen LogP contribution is -2.37. The Hall–Kier alpha value is -1.59. The first-order chi connectivity index (χ1) is 9.26. The van der Waals surface area contributed by atoms with Crippen LogP contribution in [0.25, 0.3) is 0 Å². The minimum absolute atomic E-state index is 0.0923. The number of nitrogens with one attached hydrogen (secondary N) is 1. The van der Waals surface area contributed by atoms with Crippen LogP contribution in [0.3, 0.4) is 0 Å². The molecule has 19 heavy (non-hydrogen) atoms. The molecule has 5 heteroatoms. The fourth-order valence-electron chi connectivity index (χ4n) is 1.68. The Morgan fingerprint density at radius 2 is 2.05 bits per heavy atom. The zero-order valence-electron chi connectivity index (χ0n) is 11.0. The number of unbranched alkanes of at least 4 members (excludes halogenated alkanes) is 1. The van der Waals surface area contributed by atoms with Gasteiger partial charge in [0.15, 0.2) is 0 Å². The summed E-state index contributed by atoms with van der Waals surface area (Å²) in [6, 6.07) is 9.19. The van der Waals surface area contributed by atoms with E-state index in [-0.39, 0.29) is 19.3 Å². The number of alkyl carbamates (subject to hydrolysis) is 1. The van der Waals surface area contributed by atoms with Gasteiger partial charge >= 0.3 is 6.09 Å². The summed E-state index contributed by atoms with van der Waals surface area (Å²) in [6.45, 7) is 0.759. The number of rotatable bonds is 8. The predicted molar refractivity (Wildman–Crippen MR) is 73.5 cm³/mol. The summed E-state index contributed by atoms with van der Waals surface area (Å²) in [5, 5.41) is 11.8. The van der Waals surface area contributed by atoms with Gasteiger partial charge in [0.2, 0.25) is 0 Å². The van der Waals surface area contributed by atoms with Gasteiger partial charge in [-0.1, -0.05) is 36.8 Å². The molecular formula is C14H22N2O3. The second-order valence-corrected chi connectivity index (χ2v) is 4.37. The third-order valence-electron chi connectivity index (χ3n) is 2.76. The third kappa shape index (κ3) is 6.79. The third-order valence-corrected chi connectivity index (χ3v) is 2.76. The Morgan fingerprint density at radius 1 is 1.32 bits per heavy atom. The van der Waals surface area contributed by atoms with Gasteiger partial charge in [-0.15, -0.1) is 0 Å². The zero-order valence-corrected chi connectivity index (χ0v) is 11.0. The van der Waals surface area contributed by atoms with Crippen molar-refractivity contribution < 1.29 is 14.6 Å². The van der Waals surface area contributed by atoms with Crippen molar-refractivity contribution in [2.45, 2.75) is 31.9 Å². The van der Waals surface area contributed by atoms with E-state index in [4.69, 9.17) is 15.6 Å². The Kier molecular flexibility index (Phi) is 7.62. The highest BCUT2D eigenvalue weighted by molar-refractivity contribution is 5.67. The molecule has 0 bridgehead atoms. The maximum Gasteiger partial charge on any atom is 0.407 e. The first-order valence-electron chi connectivity index (χ1n) is 6.54. The molecule has 0 aliphatic heterocycles. The Morgan fingerprint density at radius 3 is 2.68 bits per heavy atom. The van der Waals surface area contributed by atoms with Crippen molar-refractivity contribution >= 4 is 6.09 Å². The summed E-state index contributed by atoms with van der Waals surface area (Å²) in [4.78, 5) is 11.5. The number of ether oxygens (including phenoxy) is 1. The SMILES string of the molecule is NCCCC[C@@H](CO)NC(=O)OCc1ccccc1. The van der Waals surface area contributed by atoms with Gasteiger partial charge in [-0.3, -0.25) is 0 Å². The average Bonchev–Trinajstić information content (AvgIpc) is 2.45. The van der Waals surface area contributed by atoms with Crippen molar-refractivity contribution in [1.29, 1.82) is 0 Å². The van der Waals surface area contributed by atoms with Crippen molar-refractivity contribution in [3.63, 3.8) is 0 Å². The summed E-state index contributed by atoms with van der Waals surface area (Å²) in [5.74, 6) is 0. The normalized spacial score (nSPS) is 11.9. The first kappa shape index (κ1) is 15.5. The summed E-state index contributed by atoms with van der Waals surface area (Å²) in [5.41, 5.74) is 6.33. The summed E-state index contributed by atoms with van der Waals surface area (Å²) < 4.78 is 5.08. The van der Waals surface area contributed by atoms with Crippen molar-refractivity contribution in [2.75, 3.05) is 13.2 Å². The first-order valence-corrected chi connectivity index (χ1v) is 6.54. The van der Waals surface area contributed by atoms with Crippen molar-refractivity contribution in [3.8, 4) is 0 Å². The number of hydrogen-bond acceptors (Lipinski definition) is 4. The lowest BCUT2D eigenvalue weighted by Gasteiger charge is -2.16. The molecule has 1 aromatic carbocycles. The molecule has 0 radical (unpaired) electrons. The zero-order chi connectivity index (χ0) is 13.9. The van der Waals surface area contributed by atoms with Crippen LogP contribution < -0.4 is 11.1 Å². The van der Waals surface area contributed by atoms with Gasteiger partial charge in [-0.05, 0) is 24.9 Å². The maximum atomic E-state index is 11.5. The van der Waals surface area contributed by atoms with E-state index in [1.54, 1.807) is 0 Å². The molecular weight excluding hydrogens is 244 g/mol. The van der Waals surface area contributed by atoms with Gasteiger partial charge in [0.05, 0.1) is 12.6 Å². The van der Waals surface area contributed by atoms with Crippen LogP contribution in [-0.4, -0.2) is 30.4 Å². The van der Waals surface area contributed by atoms with Gasteiger partial charge in [-0.25, -0.2) is 4.79 Å². The van der Waals surface area contributed by atoms with E-state index in [2.05, 4.69) is 5.32 Å². The van der Waals surface area contributed by atoms with Crippen LogP contribution in [0.5, 0.6) is 0 Å². The molecule has 1 amide bonds. The number of amides is 1. The number of aliphatic hydroxyl groups is 1. The van der Waals surface area contributed by atoms with Crippen LogP contribution >= 0.6 is 0 Å². The van der Waals surface area contributed by atoms with Crippen molar-refractivity contribution in [1.82, 2.24) is 5.32 Å². The largest absolute Gasteiger partial charge is 0.445 e. The number of benzene rings is 1. The topological polar surface area (TPSA) is 84.6 Å². The molecule has 0 spiro atoms. The van der Waals surface area contributed by atoms with Gasteiger partial charge in [0, 0.05) is 0 Å². The lowest BCUT2D eigenvalue weighted by atomic mass is 10.1. The average molecular weight is 266 g/mol. The monoisotopic (exact) mass is 266 g/mol. The molecule has 1 rings (SSSR count). The Balaban J connectivity index is 2.25. The standard InChI is InChI=1S/C14H22N2O3/c15-9-5-4-8-13(10-17)16-14(18)19-11-12-6-2-1-3-7-12/h1-3,6-7,13,17H,4-5,8-11,15H2,(H,16,18)/t13-/m0/s1. The van der Waals surface area contributed by atoms with Crippen LogP contribution in [0.15, 0.2) is 30.3 Å². The molecule has 1 aromatic rings. The van der Waals surface area contributed by atoms with Gasteiger partial charge in [0.1, 0.15) is 6.61 Å². The fraction of sp³-hybridized carbons (Fsp3) is 0.500. The van der Waals surface area contributed by atoms with Crippen LogP contribution in [0.2, 0.25) is 0 Å². The second-order valence-electron chi connectivity index (χ2n) is 4.37. The summed E-state index contributed by atoms with van der Waals surface area (Å²) >= 11 is 0. The molecule has 0 fully saturated rings. The van der Waals surface area contributed by atoms with Crippen LogP contribution in [-0.2, 0) is 11.3 Å². The van der Waals surface area contributed by atoms with E-state index in [1.807, 2.05) is 30.3 Å². The smallest absolute Gasteiger partial charge is 0.407 e. The number of carbonyl (C=O) groups excluding carboxylic acids is 1. The number of hydrogen-bond donors (Lipinski definition) is 3. The molecule has 4 N–H and O–H groups in total. The molecule has 0 aliphatic carbocycles. The van der Waals surface area contributed by atoms with Crippen LogP contribution in [0.1, 0.15) is 24.8 Å². The number of carbonyl (C=O) groups is 1. The van der Waals surface area contributed by atoms with E-state index in [0.29, 0.717) is 13.0 Å². The molecule has 106 valence electrons. The second kappa shape index (κ2) is 9.35. The number of aliphatic hydroxyl groups excluding tert-OH is 1. The van der Waals surface area contributed by atoms with E-state index in [0.717, 1.165) is 18.4 Å². The summed E-state index contributed by atoms with van der Waals surface area (Å²) in [7, 11) is 0. The Labute approximate surface area is 113 Å². The Bertz CT molecular complexity index is 357. The fourth-order valence-corrected chi connectivity index (χ4v) is 1.68. The van der Waals surface area contributed by atoms with E-state index >= 15 is 0 Å². The molecule has 5 nitrogen and oxygen atoms in total. The molecule has 0 saturated carbocycles. The molecule has 0 saturated heterocycles. The molecule has 0 aromatic heterocycles. The highest BCUT2D eigenvalue weighted by Crippen LogP contribution is 2.03. The minimum Gasteiger partial charge on any atom is -0.445 e. The predicted octanol–water partition coefficient (Wildman–Crippen LogP) is 1.40. The van der Waals surface area contributed by atoms with Crippen LogP contribution in [0, 0.1) is 0 Å². The van der Waals surface area contributed by atoms with Gasteiger partial charge in [0.25, 0.3) is 0 Å². The minimum atomic E-state index is -0.504. The van der Waals surface area contributed by atoms with Crippen LogP contribution in [0.4, 0.5) is 4.79 Å².